The summed E-state index contributed by atoms with van der Waals surface area (Å²) in [4.78, 5) is 4.78. The first-order valence-electron chi connectivity index (χ1n) is 7.29. The largest absolute Gasteiger partial charge is 0.326 e. The van der Waals surface area contributed by atoms with Gasteiger partial charge in [-0.1, -0.05) is 36.4 Å². The zero-order chi connectivity index (χ0) is 14.1. The number of nitrogens with zero attached hydrogens (tertiary/aromatic N) is 2. The number of pyridine rings is 1. The molecule has 2 aromatic carbocycles. The molecule has 20 heavy (non-hydrogen) atoms. The lowest BCUT2D eigenvalue weighted by molar-refractivity contribution is 0.740. The molecule has 0 unspecified atom stereocenters. The van der Waals surface area contributed by atoms with E-state index in [2.05, 4.69) is 67.8 Å². The fourth-order valence-corrected chi connectivity index (χ4v) is 3.01. The van der Waals surface area contributed by atoms with Crippen LogP contribution in [0.25, 0.3) is 21.7 Å². The van der Waals surface area contributed by atoms with E-state index in [4.69, 9.17) is 4.99 Å². The molecule has 0 fully saturated rings. The SMILES string of the molecule is CCN=c1c2c(C)cccc2c2ccccc2n1CC. The lowest BCUT2D eigenvalue weighted by atomic mass is 10.0. The van der Waals surface area contributed by atoms with Crippen LogP contribution < -0.4 is 5.49 Å². The molecule has 0 aliphatic rings. The second-order valence-corrected chi connectivity index (χ2v) is 5.06. The van der Waals surface area contributed by atoms with Crippen LogP contribution in [-0.2, 0) is 6.54 Å². The van der Waals surface area contributed by atoms with E-state index in [0.717, 1.165) is 18.6 Å². The van der Waals surface area contributed by atoms with Gasteiger partial charge in [0.25, 0.3) is 0 Å². The first-order chi connectivity index (χ1) is 9.77. The van der Waals surface area contributed by atoms with Crippen molar-refractivity contribution in [3.63, 3.8) is 0 Å². The standard InChI is InChI=1S/C18H20N2/c1-4-19-18-17-13(3)9-8-11-15(17)14-10-6-7-12-16(14)20(18)5-2/h6-12H,4-5H2,1-3H3. The molecule has 0 aliphatic carbocycles. The number of aryl methyl sites for hydroxylation is 2. The van der Waals surface area contributed by atoms with Crippen LogP contribution in [0.5, 0.6) is 0 Å². The van der Waals surface area contributed by atoms with Crippen LogP contribution in [-0.4, -0.2) is 11.1 Å². The van der Waals surface area contributed by atoms with Gasteiger partial charge in [0, 0.05) is 23.9 Å². The molecule has 2 heteroatoms. The van der Waals surface area contributed by atoms with Crippen molar-refractivity contribution in [3.8, 4) is 0 Å². The highest BCUT2D eigenvalue weighted by Crippen LogP contribution is 2.24. The number of hydrogen-bond donors (Lipinski definition) is 0. The first-order valence-corrected chi connectivity index (χ1v) is 7.29. The molecule has 1 aromatic heterocycles. The van der Waals surface area contributed by atoms with E-state index in [1.54, 1.807) is 0 Å². The Morgan fingerprint density at radius 3 is 2.45 bits per heavy atom. The molecule has 2 nitrogen and oxygen atoms in total. The fourth-order valence-electron chi connectivity index (χ4n) is 3.01. The van der Waals surface area contributed by atoms with E-state index in [1.807, 2.05) is 0 Å². The maximum Gasteiger partial charge on any atom is 0.136 e. The summed E-state index contributed by atoms with van der Waals surface area (Å²) in [7, 11) is 0. The predicted octanol–water partition coefficient (Wildman–Crippen LogP) is 4.04. The van der Waals surface area contributed by atoms with Gasteiger partial charge >= 0.3 is 0 Å². The molecule has 0 aliphatic heterocycles. The van der Waals surface area contributed by atoms with Crippen molar-refractivity contribution in [2.45, 2.75) is 27.3 Å². The van der Waals surface area contributed by atoms with E-state index in [0.29, 0.717) is 0 Å². The fraction of sp³-hybridized carbons (Fsp3) is 0.278. The molecule has 0 radical (unpaired) electrons. The Labute approximate surface area is 119 Å². The highest BCUT2D eigenvalue weighted by atomic mass is 15.0. The number of hydrogen-bond acceptors (Lipinski definition) is 1. The minimum Gasteiger partial charge on any atom is -0.326 e. The third kappa shape index (κ3) is 1.83. The van der Waals surface area contributed by atoms with Gasteiger partial charge in [0.2, 0.25) is 0 Å². The highest BCUT2D eigenvalue weighted by molar-refractivity contribution is 6.06. The van der Waals surface area contributed by atoms with Crippen LogP contribution >= 0.6 is 0 Å². The number of para-hydroxylation sites is 1. The highest BCUT2D eigenvalue weighted by Gasteiger charge is 2.09. The Morgan fingerprint density at radius 2 is 1.70 bits per heavy atom. The maximum absolute atomic E-state index is 4.78. The topological polar surface area (TPSA) is 17.3 Å². The molecule has 3 rings (SSSR count). The van der Waals surface area contributed by atoms with Crippen LogP contribution in [0, 0.1) is 6.92 Å². The third-order valence-corrected chi connectivity index (χ3v) is 3.86. The van der Waals surface area contributed by atoms with Gasteiger partial charge in [-0.25, -0.2) is 0 Å². The number of aromatic nitrogens is 1. The molecular weight excluding hydrogens is 244 g/mol. The second kappa shape index (κ2) is 5.12. The molecule has 0 spiro atoms. The van der Waals surface area contributed by atoms with Crippen LogP contribution in [0.1, 0.15) is 19.4 Å². The summed E-state index contributed by atoms with van der Waals surface area (Å²) in [5, 5.41) is 3.90. The summed E-state index contributed by atoms with van der Waals surface area (Å²) in [6.07, 6.45) is 0. The zero-order valence-electron chi connectivity index (χ0n) is 12.4. The molecule has 0 atom stereocenters. The smallest absolute Gasteiger partial charge is 0.136 e. The zero-order valence-corrected chi connectivity index (χ0v) is 12.4. The summed E-state index contributed by atoms with van der Waals surface area (Å²) in [6.45, 7) is 8.20. The number of rotatable bonds is 2. The molecule has 0 N–H and O–H groups in total. The van der Waals surface area contributed by atoms with Gasteiger partial charge in [-0.3, -0.25) is 4.99 Å². The molecule has 3 aromatic rings. The van der Waals surface area contributed by atoms with Crippen LogP contribution in [0.3, 0.4) is 0 Å². The molecule has 102 valence electrons. The minimum absolute atomic E-state index is 0.807. The summed E-state index contributed by atoms with van der Waals surface area (Å²) >= 11 is 0. The predicted molar refractivity (Wildman–Crippen MR) is 86.0 cm³/mol. The van der Waals surface area contributed by atoms with Gasteiger partial charge in [0.15, 0.2) is 0 Å². The van der Waals surface area contributed by atoms with Gasteiger partial charge in [-0.2, -0.15) is 0 Å². The summed E-state index contributed by atoms with van der Waals surface area (Å²) in [6, 6.07) is 15.1. The lowest BCUT2D eigenvalue weighted by Gasteiger charge is -2.15. The molecule has 1 heterocycles. The number of benzene rings is 2. The van der Waals surface area contributed by atoms with Crippen LogP contribution in [0.4, 0.5) is 0 Å². The van der Waals surface area contributed by atoms with E-state index in [1.165, 1.54) is 27.2 Å². The van der Waals surface area contributed by atoms with Crippen LogP contribution in [0.2, 0.25) is 0 Å². The van der Waals surface area contributed by atoms with E-state index < -0.39 is 0 Å². The summed E-state index contributed by atoms with van der Waals surface area (Å²) in [5.41, 5.74) is 3.67. The van der Waals surface area contributed by atoms with Crippen molar-refractivity contribution in [3.05, 3.63) is 53.5 Å². The minimum atomic E-state index is 0.807. The van der Waals surface area contributed by atoms with Crippen molar-refractivity contribution in [1.82, 2.24) is 4.57 Å². The van der Waals surface area contributed by atoms with Gasteiger partial charge in [-0.05, 0) is 37.8 Å². The number of fused-ring (bicyclic) bond motifs is 3. The monoisotopic (exact) mass is 264 g/mol. The van der Waals surface area contributed by atoms with E-state index in [9.17, 15) is 0 Å². The van der Waals surface area contributed by atoms with Crippen LogP contribution in [0.15, 0.2) is 47.5 Å². The maximum atomic E-state index is 4.78. The Bertz CT molecular complexity index is 841. The quantitative estimate of drug-likeness (QED) is 0.621. The Kier molecular flexibility index (Phi) is 3.31. The molecule has 0 amide bonds. The van der Waals surface area contributed by atoms with E-state index in [-0.39, 0.29) is 0 Å². The average molecular weight is 264 g/mol. The Hall–Kier alpha value is -2.09. The Morgan fingerprint density at radius 1 is 0.950 bits per heavy atom. The molecule has 0 saturated heterocycles. The van der Waals surface area contributed by atoms with E-state index >= 15 is 0 Å². The lowest BCUT2D eigenvalue weighted by Crippen LogP contribution is -2.22. The van der Waals surface area contributed by atoms with Crippen molar-refractivity contribution >= 4 is 21.7 Å². The first kappa shape index (κ1) is 12.9. The second-order valence-electron chi connectivity index (χ2n) is 5.06. The molecular formula is C18H20N2. The van der Waals surface area contributed by atoms with Gasteiger partial charge in [-0.15, -0.1) is 0 Å². The van der Waals surface area contributed by atoms with Gasteiger partial charge < -0.3 is 4.57 Å². The molecule has 0 saturated carbocycles. The summed E-state index contributed by atoms with van der Waals surface area (Å²) < 4.78 is 2.33. The Balaban J connectivity index is 2.70. The molecule has 0 bridgehead atoms. The van der Waals surface area contributed by atoms with Crippen molar-refractivity contribution in [1.29, 1.82) is 0 Å². The van der Waals surface area contributed by atoms with Crippen molar-refractivity contribution in [2.75, 3.05) is 6.54 Å². The van der Waals surface area contributed by atoms with Gasteiger partial charge in [0.05, 0.1) is 5.52 Å². The average Bonchev–Trinajstić information content (AvgIpc) is 2.48. The van der Waals surface area contributed by atoms with Gasteiger partial charge in [0.1, 0.15) is 5.49 Å². The normalized spacial score (nSPS) is 12.4. The van der Waals surface area contributed by atoms with Crippen molar-refractivity contribution in [2.24, 2.45) is 4.99 Å². The third-order valence-electron chi connectivity index (χ3n) is 3.86. The summed E-state index contributed by atoms with van der Waals surface area (Å²) in [5.74, 6) is 0. The van der Waals surface area contributed by atoms with Crippen molar-refractivity contribution < 1.29 is 0 Å².